The summed E-state index contributed by atoms with van der Waals surface area (Å²) in [5.74, 6) is -0.500. The highest BCUT2D eigenvalue weighted by molar-refractivity contribution is 6.37. The minimum Gasteiger partial charge on any atom is -0.497 e. The Balaban J connectivity index is 1.79. The second-order valence-corrected chi connectivity index (χ2v) is 7.93. The molecule has 0 fully saturated rings. The number of carbonyl (C=O) groups excluding carboxylic acids is 3. The van der Waals surface area contributed by atoms with Gasteiger partial charge in [0.25, 0.3) is 0 Å². The number of rotatable bonds is 3. The summed E-state index contributed by atoms with van der Waals surface area (Å²) >= 11 is 0. The zero-order valence-electron chi connectivity index (χ0n) is 17.0. The van der Waals surface area contributed by atoms with Crippen LogP contribution >= 0.6 is 0 Å². The Kier molecular flexibility index (Phi) is 4.44. The molecule has 3 aromatic carbocycles. The van der Waals surface area contributed by atoms with E-state index in [1.807, 2.05) is 42.5 Å². The molecule has 2 aliphatic rings. The number of fused-ring (bicyclic) bond motifs is 1. The van der Waals surface area contributed by atoms with Gasteiger partial charge in [0.1, 0.15) is 11.2 Å². The lowest BCUT2D eigenvalue weighted by molar-refractivity contribution is -0.115. The molecule has 152 valence electrons. The molecule has 1 atom stereocenters. The first-order chi connectivity index (χ1) is 15.1. The third-order valence-electron chi connectivity index (χ3n) is 6.39. The molecule has 3 aromatic rings. The van der Waals surface area contributed by atoms with Crippen molar-refractivity contribution in [3.8, 4) is 5.75 Å². The van der Waals surface area contributed by atoms with E-state index in [1.54, 1.807) is 43.5 Å². The van der Waals surface area contributed by atoms with Gasteiger partial charge in [0.05, 0.1) is 7.11 Å². The predicted molar refractivity (Wildman–Crippen MR) is 117 cm³/mol. The molecule has 2 aliphatic carbocycles. The Labute approximate surface area is 180 Å². The molecule has 4 nitrogen and oxygen atoms in total. The van der Waals surface area contributed by atoms with Gasteiger partial charge >= 0.3 is 0 Å². The third-order valence-corrected chi connectivity index (χ3v) is 6.39. The highest BCUT2D eigenvalue weighted by Gasteiger charge is 2.61. The van der Waals surface area contributed by atoms with Crippen LogP contribution in [0.15, 0.2) is 84.9 Å². The van der Waals surface area contributed by atoms with E-state index in [2.05, 4.69) is 0 Å². The zero-order valence-corrected chi connectivity index (χ0v) is 17.0. The summed E-state index contributed by atoms with van der Waals surface area (Å²) in [5, 5.41) is 0. The molecule has 5 rings (SSSR count). The fourth-order valence-electron chi connectivity index (χ4n) is 4.98. The van der Waals surface area contributed by atoms with Gasteiger partial charge in [-0.3, -0.25) is 14.4 Å². The molecule has 0 saturated heterocycles. The summed E-state index contributed by atoms with van der Waals surface area (Å²) in [4.78, 5) is 40.8. The molecular weight excluding hydrogens is 388 g/mol. The minimum absolute atomic E-state index is 0.0914. The summed E-state index contributed by atoms with van der Waals surface area (Å²) in [6.45, 7) is 0. The van der Waals surface area contributed by atoms with Crippen LogP contribution in [-0.2, 0) is 4.79 Å². The number of carbonyl (C=O) groups is 3. The van der Waals surface area contributed by atoms with Crippen molar-refractivity contribution in [2.45, 2.75) is 12.3 Å². The van der Waals surface area contributed by atoms with Crippen LogP contribution in [0.4, 0.5) is 0 Å². The summed E-state index contributed by atoms with van der Waals surface area (Å²) in [7, 11) is 1.58. The van der Waals surface area contributed by atoms with E-state index in [9.17, 15) is 14.4 Å². The summed E-state index contributed by atoms with van der Waals surface area (Å²) in [6.07, 6.45) is 1.59. The average Bonchev–Trinajstić information content (AvgIpc) is 3.04. The van der Waals surface area contributed by atoms with E-state index in [0.29, 0.717) is 28.0 Å². The predicted octanol–water partition coefficient (Wildman–Crippen LogP) is 4.90. The highest BCUT2D eigenvalue weighted by atomic mass is 16.5. The summed E-state index contributed by atoms with van der Waals surface area (Å²) < 4.78 is 5.27. The molecule has 0 radical (unpaired) electrons. The van der Waals surface area contributed by atoms with E-state index >= 15 is 0 Å². The van der Waals surface area contributed by atoms with E-state index < -0.39 is 11.3 Å². The Morgan fingerprint density at radius 2 is 1.35 bits per heavy atom. The SMILES string of the molecule is COc1ccc([C@@H]2CC(=O)C=C(c3ccccc3)C23C(=O)c2ccccc2C3=O)cc1. The van der Waals surface area contributed by atoms with E-state index in [1.165, 1.54) is 6.08 Å². The molecule has 0 unspecified atom stereocenters. The smallest absolute Gasteiger partial charge is 0.182 e. The van der Waals surface area contributed by atoms with Gasteiger partial charge in [-0.25, -0.2) is 0 Å². The Hall–Kier alpha value is -3.79. The van der Waals surface area contributed by atoms with E-state index in [4.69, 9.17) is 4.74 Å². The number of hydrogen-bond donors (Lipinski definition) is 0. The minimum atomic E-state index is -1.46. The zero-order chi connectivity index (χ0) is 21.6. The number of Topliss-reactive ketones (excluding diaryl/α,β-unsaturated/α-hetero) is 2. The first-order valence-corrected chi connectivity index (χ1v) is 10.2. The molecule has 1 spiro atoms. The van der Waals surface area contributed by atoms with Crippen molar-refractivity contribution in [3.63, 3.8) is 0 Å². The number of methoxy groups -OCH3 is 1. The number of allylic oxidation sites excluding steroid dienone is 2. The summed E-state index contributed by atoms with van der Waals surface area (Å²) in [6, 6.07) is 23.5. The van der Waals surface area contributed by atoms with Crippen molar-refractivity contribution >= 4 is 22.9 Å². The molecule has 4 heteroatoms. The fourth-order valence-corrected chi connectivity index (χ4v) is 4.98. The highest BCUT2D eigenvalue weighted by Crippen LogP contribution is 2.58. The van der Waals surface area contributed by atoms with Gasteiger partial charge < -0.3 is 4.74 Å². The molecule has 31 heavy (non-hydrogen) atoms. The van der Waals surface area contributed by atoms with E-state index in [0.717, 1.165) is 5.56 Å². The van der Waals surface area contributed by atoms with Crippen molar-refractivity contribution in [2.24, 2.45) is 5.41 Å². The van der Waals surface area contributed by atoms with Crippen LogP contribution in [0.25, 0.3) is 5.57 Å². The van der Waals surface area contributed by atoms with Gasteiger partial charge in [-0.1, -0.05) is 66.7 Å². The van der Waals surface area contributed by atoms with Crippen LogP contribution in [-0.4, -0.2) is 24.5 Å². The Morgan fingerprint density at radius 1 is 0.774 bits per heavy atom. The molecule has 0 aliphatic heterocycles. The molecule has 0 heterocycles. The lowest BCUT2D eigenvalue weighted by Gasteiger charge is -2.40. The van der Waals surface area contributed by atoms with Crippen LogP contribution in [0.5, 0.6) is 5.75 Å². The molecule has 0 saturated carbocycles. The second-order valence-electron chi connectivity index (χ2n) is 7.93. The van der Waals surface area contributed by atoms with Crippen molar-refractivity contribution in [3.05, 3.63) is 107 Å². The van der Waals surface area contributed by atoms with Gasteiger partial charge in [-0.15, -0.1) is 0 Å². The molecule has 0 N–H and O–H groups in total. The number of hydrogen-bond acceptors (Lipinski definition) is 4. The van der Waals surface area contributed by atoms with Gasteiger partial charge in [-0.2, -0.15) is 0 Å². The molecule has 0 amide bonds. The van der Waals surface area contributed by atoms with Crippen molar-refractivity contribution < 1.29 is 19.1 Å². The van der Waals surface area contributed by atoms with Gasteiger partial charge in [0.2, 0.25) is 0 Å². The van der Waals surface area contributed by atoms with Gasteiger partial charge in [0.15, 0.2) is 17.3 Å². The first kappa shape index (κ1) is 19.2. The van der Waals surface area contributed by atoms with Crippen molar-refractivity contribution in [1.82, 2.24) is 0 Å². The maximum Gasteiger partial charge on any atom is 0.182 e. The number of ketones is 3. The quantitative estimate of drug-likeness (QED) is 0.579. The molecule has 0 bridgehead atoms. The lowest BCUT2D eigenvalue weighted by atomic mass is 9.58. The topological polar surface area (TPSA) is 60.4 Å². The maximum absolute atomic E-state index is 14.0. The molecular formula is C27H20O4. The Morgan fingerprint density at radius 3 is 1.94 bits per heavy atom. The largest absolute Gasteiger partial charge is 0.497 e. The van der Waals surface area contributed by atoms with Crippen LogP contribution < -0.4 is 4.74 Å². The van der Waals surface area contributed by atoms with Gasteiger partial charge in [0, 0.05) is 23.5 Å². The number of benzene rings is 3. The van der Waals surface area contributed by atoms with Crippen molar-refractivity contribution in [1.29, 1.82) is 0 Å². The van der Waals surface area contributed by atoms with Crippen LogP contribution in [0, 0.1) is 5.41 Å². The molecule has 0 aromatic heterocycles. The third kappa shape index (κ3) is 2.72. The fraction of sp³-hybridized carbons (Fsp3) is 0.148. The second kappa shape index (κ2) is 7.17. The average molecular weight is 408 g/mol. The van der Waals surface area contributed by atoms with Gasteiger partial charge in [-0.05, 0) is 34.9 Å². The van der Waals surface area contributed by atoms with Crippen LogP contribution in [0.3, 0.4) is 0 Å². The summed E-state index contributed by atoms with van der Waals surface area (Å²) in [5.41, 5.74) is 1.34. The van der Waals surface area contributed by atoms with Crippen LogP contribution in [0.1, 0.15) is 44.2 Å². The normalized spacial score (nSPS) is 19.3. The monoisotopic (exact) mass is 408 g/mol. The maximum atomic E-state index is 14.0. The van der Waals surface area contributed by atoms with Crippen molar-refractivity contribution in [2.75, 3.05) is 7.11 Å². The standard InChI is InChI=1S/C27H20O4/c1-31-20-13-11-18(12-14-20)24-16-19(28)15-23(17-7-3-2-4-8-17)27(24)25(29)21-9-5-6-10-22(21)26(27)30/h2-15,24H,16H2,1H3/t24-/m0/s1. The number of ether oxygens (including phenoxy) is 1. The van der Waals surface area contributed by atoms with Crippen LogP contribution in [0.2, 0.25) is 0 Å². The Bertz CT molecular complexity index is 1200. The first-order valence-electron chi connectivity index (χ1n) is 10.2. The van der Waals surface area contributed by atoms with E-state index in [-0.39, 0.29) is 23.8 Å². The lowest BCUT2D eigenvalue weighted by Crippen LogP contribution is -2.44.